The smallest absolute Gasteiger partial charge is 0.223 e. The number of anilines is 2. The van der Waals surface area contributed by atoms with Crippen LogP contribution in [0.1, 0.15) is 37.7 Å². The molecule has 2 fully saturated rings. The van der Waals surface area contributed by atoms with Crippen LogP contribution in [0.5, 0.6) is 5.75 Å². The first kappa shape index (κ1) is 20.4. The summed E-state index contributed by atoms with van der Waals surface area (Å²) in [5, 5.41) is 3.08. The minimum absolute atomic E-state index is 0.0582. The first-order chi connectivity index (χ1) is 14.7. The minimum atomic E-state index is 0.0582. The Kier molecular flexibility index (Phi) is 6.67. The van der Waals surface area contributed by atoms with Gasteiger partial charge in [0.05, 0.1) is 7.11 Å². The highest BCUT2D eigenvalue weighted by Gasteiger charge is 2.26. The zero-order valence-electron chi connectivity index (χ0n) is 17.7. The van der Waals surface area contributed by atoms with E-state index in [1.807, 2.05) is 24.3 Å². The van der Waals surface area contributed by atoms with Gasteiger partial charge in [-0.2, -0.15) is 0 Å². The Labute approximate surface area is 178 Å². The number of rotatable bonds is 6. The second-order valence-electron chi connectivity index (χ2n) is 8.11. The van der Waals surface area contributed by atoms with Gasteiger partial charge in [-0.3, -0.25) is 4.79 Å². The van der Waals surface area contributed by atoms with E-state index in [0.717, 1.165) is 62.0 Å². The first-order valence-corrected chi connectivity index (χ1v) is 11.0. The molecular weight excluding hydrogens is 378 g/mol. The van der Waals surface area contributed by atoms with Gasteiger partial charge in [0.15, 0.2) is 0 Å². The van der Waals surface area contributed by atoms with Gasteiger partial charge in [0.1, 0.15) is 23.7 Å². The Bertz CT molecular complexity index is 828. The molecule has 2 aliphatic heterocycles. The van der Waals surface area contributed by atoms with E-state index in [9.17, 15) is 4.79 Å². The van der Waals surface area contributed by atoms with Crippen molar-refractivity contribution < 1.29 is 9.53 Å². The van der Waals surface area contributed by atoms with Crippen LogP contribution in [-0.4, -0.2) is 49.2 Å². The van der Waals surface area contributed by atoms with Gasteiger partial charge in [0, 0.05) is 44.7 Å². The van der Waals surface area contributed by atoms with E-state index in [2.05, 4.69) is 31.2 Å². The molecule has 0 atom stereocenters. The molecule has 0 aliphatic carbocycles. The van der Waals surface area contributed by atoms with Gasteiger partial charge in [-0.1, -0.05) is 12.1 Å². The van der Waals surface area contributed by atoms with Crippen LogP contribution in [0.4, 0.5) is 11.6 Å². The summed E-state index contributed by atoms with van der Waals surface area (Å²) in [5.41, 5.74) is 1.08. The molecule has 0 spiro atoms. The fourth-order valence-corrected chi connectivity index (χ4v) is 4.25. The van der Waals surface area contributed by atoms with Crippen LogP contribution >= 0.6 is 0 Å². The number of piperidine rings is 2. The molecule has 160 valence electrons. The van der Waals surface area contributed by atoms with Crippen molar-refractivity contribution >= 4 is 17.5 Å². The average Bonchev–Trinajstić information content (AvgIpc) is 2.83. The molecule has 0 radical (unpaired) electrons. The first-order valence-electron chi connectivity index (χ1n) is 11.0. The van der Waals surface area contributed by atoms with Crippen molar-refractivity contribution in [2.75, 3.05) is 43.1 Å². The van der Waals surface area contributed by atoms with Crippen LogP contribution in [0.3, 0.4) is 0 Å². The van der Waals surface area contributed by atoms with Crippen molar-refractivity contribution in [2.45, 2.75) is 38.6 Å². The number of carbonyl (C=O) groups is 1. The Morgan fingerprint density at radius 1 is 1.00 bits per heavy atom. The molecule has 0 saturated carbocycles. The standard InChI is InChI=1S/C23H31N5O2/c1-30-20-7-5-18(6-8-20)16-24-23(29)19-9-13-28(14-10-19)22-15-21(25-17-26-22)27-11-3-2-4-12-27/h5-8,15,17,19H,2-4,9-14,16H2,1H3,(H,24,29). The number of ether oxygens (including phenoxy) is 1. The van der Waals surface area contributed by atoms with Crippen molar-refractivity contribution in [2.24, 2.45) is 5.92 Å². The molecule has 1 amide bonds. The molecule has 1 aromatic carbocycles. The number of aromatic nitrogens is 2. The lowest BCUT2D eigenvalue weighted by molar-refractivity contribution is -0.125. The lowest BCUT2D eigenvalue weighted by atomic mass is 9.96. The third-order valence-corrected chi connectivity index (χ3v) is 6.13. The lowest BCUT2D eigenvalue weighted by Gasteiger charge is -2.33. The molecule has 3 heterocycles. The lowest BCUT2D eigenvalue weighted by Crippen LogP contribution is -2.40. The maximum atomic E-state index is 12.6. The maximum Gasteiger partial charge on any atom is 0.223 e. The van der Waals surface area contributed by atoms with Gasteiger partial charge in [0.25, 0.3) is 0 Å². The van der Waals surface area contributed by atoms with E-state index < -0.39 is 0 Å². The molecule has 2 aromatic rings. The van der Waals surface area contributed by atoms with Gasteiger partial charge in [0.2, 0.25) is 5.91 Å². The van der Waals surface area contributed by atoms with Crippen LogP contribution < -0.4 is 19.9 Å². The van der Waals surface area contributed by atoms with Crippen LogP contribution in [0.25, 0.3) is 0 Å². The number of hydrogen-bond acceptors (Lipinski definition) is 6. The van der Waals surface area contributed by atoms with E-state index in [1.54, 1.807) is 13.4 Å². The second kappa shape index (κ2) is 9.78. The van der Waals surface area contributed by atoms with E-state index in [1.165, 1.54) is 19.3 Å². The fraction of sp³-hybridized carbons (Fsp3) is 0.522. The Balaban J connectivity index is 1.27. The molecule has 0 bridgehead atoms. The summed E-state index contributed by atoms with van der Waals surface area (Å²) in [6, 6.07) is 9.91. The number of benzene rings is 1. The molecule has 0 unspecified atom stereocenters. The quantitative estimate of drug-likeness (QED) is 0.791. The third kappa shape index (κ3) is 5.01. The number of amides is 1. The summed E-state index contributed by atoms with van der Waals surface area (Å²) in [4.78, 5) is 26.2. The maximum absolute atomic E-state index is 12.6. The van der Waals surface area contributed by atoms with Crippen molar-refractivity contribution in [3.05, 3.63) is 42.2 Å². The summed E-state index contributed by atoms with van der Waals surface area (Å²) in [5.74, 6) is 3.03. The van der Waals surface area contributed by atoms with Crippen LogP contribution in [-0.2, 0) is 11.3 Å². The number of nitrogens with one attached hydrogen (secondary N) is 1. The van der Waals surface area contributed by atoms with Gasteiger partial charge in [-0.05, 0) is 49.8 Å². The minimum Gasteiger partial charge on any atom is -0.497 e. The Morgan fingerprint density at radius 3 is 2.27 bits per heavy atom. The van der Waals surface area contributed by atoms with Crippen molar-refractivity contribution in [1.29, 1.82) is 0 Å². The second-order valence-corrected chi connectivity index (χ2v) is 8.11. The van der Waals surface area contributed by atoms with E-state index in [0.29, 0.717) is 6.54 Å². The van der Waals surface area contributed by atoms with Crippen molar-refractivity contribution in [3.63, 3.8) is 0 Å². The van der Waals surface area contributed by atoms with E-state index in [4.69, 9.17) is 4.74 Å². The Morgan fingerprint density at radius 2 is 1.63 bits per heavy atom. The number of hydrogen-bond donors (Lipinski definition) is 1. The van der Waals surface area contributed by atoms with Crippen LogP contribution in [0.2, 0.25) is 0 Å². The highest BCUT2D eigenvalue weighted by Crippen LogP contribution is 2.25. The highest BCUT2D eigenvalue weighted by atomic mass is 16.5. The number of carbonyl (C=O) groups excluding carboxylic acids is 1. The highest BCUT2D eigenvalue weighted by molar-refractivity contribution is 5.79. The van der Waals surface area contributed by atoms with Gasteiger partial charge in [-0.15, -0.1) is 0 Å². The van der Waals surface area contributed by atoms with Crippen molar-refractivity contribution in [1.82, 2.24) is 15.3 Å². The monoisotopic (exact) mass is 409 g/mol. The molecule has 7 heteroatoms. The fourth-order valence-electron chi connectivity index (χ4n) is 4.25. The van der Waals surface area contributed by atoms with Gasteiger partial charge < -0.3 is 19.9 Å². The van der Waals surface area contributed by atoms with Gasteiger partial charge >= 0.3 is 0 Å². The van der Waals surface area contributed by atoms with Gasteiger partial charge in [-0.25, -0.2) is 9.97 Å². The molecule has 4 rings (SSSR count). The zero-order chi connectivity index (χ0) is 20.8. The summed E-state index contributed by atoms with van der Waals surface area (Å²) < 4.78 is 5.17. The summed E-state index contributed by atoms with van der Waals surface area (Å²) in [6.07, 6.45) is 7.14. The topological polar surface area (TPSA) is 70.6 Å². The third-order valence-electron chi connectivity index (χ3n) is 6.13. The molecule has 2 saturated heterocycles. The summed E-state index contributed by atoms with van der Waals surface area (Å²) in [6.45, 7) is 4.39. The Hall–Kier alpha value is -2.83. The molecule has 7 nitrogen and oxygen atoms in total. The SMILES string of the molecule is COc1ccc(CNC(=O)C2CCN(c3cc(N4CCCCC4)ncn3)CC2)cc1. The van der Waals surface area contributed by atoms with E-state index in [-0.39, 0.29) is 11.8 Å². The normalized spacial score (nSPS) is 17.6. The average molecular weight is 410 g/mol. The summed E-state index contributed by atoms with van der Waals surface area (Å²) >= 11 is 0. The molecule has 2 aliphatic rings. The zero-order valence-corrected chi connectivity index (χ0v) is 17.7. The molecule has 1 aromatic heterocycles. The predicted octanol–water partition coefficient (Wildman–Crippen LogP) is 3.01. The largest absolute Gasteiger partial charge is 0.497 e. The van der Waals surface area contributed by atoms with Crippen LogP contribution in [0, 0.1) is 5.92 Å². The molecule has 30 heavy (non-hydrogen) atoms. The molecular formula is C23H31N5O2. The number of methoxy groups -OCH3 is 1. The predicted molar refractivity (Wildman–Crippen MR) is 118 cm³/mol. The summed E-state index contributed by atoms with van der Waals surface area (Å²) in [7, 11) is 1.65. The molecule has 1 N–H and O–H groups in total. The number of nitrogens with zero attached hydrogens (tertiary/aromatic N) is 4. The van der Waals surface area contributed by atoms with Crippen LogP contribution in [0.15, 0.2) is 36.7 Å². The van der Waals surface area contributed by atoms with E-state index >= 15 is 0 Å². The van der Waals surface area contributed by atoms with Crippen molar-refractivity contribution in [3.8, 4) is 5.75 Å².